The van der Waals surface area contributed by atoms with E-state index in [0.29, 0.717) is 12.2 Å². The van der Waals surface area contributed by atoms with Gasteiger partial charge in [0.25, 0.3) is 0 Å². The van der Waals surface area contributed by atoms with E-state index in [1.807, 2.05) is 11.8 Å². The normalized spacial score (nSPS) is 29.0. The number of rotatable bonds is 3. The van der Waals surface area contributed by atoms with Crippen molar-refractivity contribution in [3.63, 3.8) is 0 Å². The van der Waals surface area contributed by atoms with Gasteiger partial charge >= 0.3 is 0 Å². The van der Waals surface area contributed by atoms with Crippen molar-refractivity contribution in [1.29, 1.82) is 0 Å². The molecule has 0 N–H and O–H groups in total. The summed E-state index contributed by atoms with van der Waals surface area (Å²) >= 11 is 1.87. The minimum absolute atomic E-state index is 0.0226. The molecular formula is C16H18F2O2S. The molecule has 2 nitrogen and oxygen atoms in total. The van der Waals surface area contributed by atoms with Crippen molar-refractivity contribution >= 4 is 17.5 Å². The average molecular weight is 312 g/mol. The maximum Gasteiger partial charge on any atom is 0.159 e. The Hall–Kier alpha value is -0.940. The maximum absolute atomic E-state index is 13.2. The molecule has 0 saturated carbocycles. The second kappa shape index (κ2) is 6.05. The molecule has 0 radical (unpaired) electrons. The molecule has 2 unspecified atom stereocenters. The molecule has 114 valence electrons. The smallest absolute Gasteiger partial charge is 0.159 e. The molecule has 2 aliphatic rings. The molecule has 2 atom stereocenters. The van der Waals surface area contributed by atoms with Crippen LogP contribution >= 0.6 is 11.8 Å². The van der Waals surface area contributed by atoms with Crippen molar-refractivity contribution in [2.45, 2.75) is 31.3 Å². The van der Waals surface area contributed by atoms with E-state index in [1.165, 1.54) is 6.07 Å². The van der Waals surface area contributed by atoms with Crippen molar-refractivity contribution < 1.29 is 18.3 Å². The Morgan fingerprint density at radius 3 is 2.95 bits per heavy atom. The van der Waals surface area contributed by atoms with Gasteiger partial charge in [0.2, 0.25) is 0 Å². The first-order valence-electron chi connectivity index (χ1n) is 7.26. The molecule has 2 aliphatic heterocycles. The van der Waals surface area contributed by atoms with Gasteiger partial charge in [-0.2, -0.15) is 11.8 Å². The van der Waals surface area contributed by atoms with Crippen molar-refractivity contribution in [3.8, 4) is 0 Å². The highest BCUT2D eigenvalue weighted by Gasteiger charge is 2.42. The standard InChI is InChI=1S/C16H18F2O2S/c17-13-2-1-11(7-14(13)18)8-15(19)12-3-5-20-16(9-12)4-6-21-10-16/h1-2,7,12H,3-6,8-10H2. The molecule has 21 heavy (non-hydrogen) atoms. The zero-order chi connectivity index (χ0) is 14.9. The summed E-state index contributed by atoms with van der Waals surface area (Å²) in [6.45, 7) is 0.620. The SMILES string of the molecule is O=C(Cc1ccc(F)c(F)c1)C1CCOC2(CCSC2)C1. The number of thioether (sulfide) groups is 1. The van der Waals surface area contributed by atoms with Gasteiger partial charge in [0.05, 0.1) is 5.60 Å². The Morgan fingerprint density at radius 2 is 2.24 bits per heavy atom. The molecule has 3 rings (SSSR count). The Labute approximate surface area is 127 Å². The van der Waals surface area contributed by atoms with Gasteiger partial charge in [-0.05, 0) is 42.7 Å². The molecule has 2 fully saturated rings. The molecule has 0 amide bonds. The summed E-state index contributed by atoms with van der Waals surface area (Å²) in [4.78, 5) is 12.4. The van der Waals surface area contributed by atoms with Crippen LogP contribution in [0.1, 0.15) is 24.8 Å². The molecule has 2 heterocycles. The van der Waals surface area contributed by atoms with Crippen LogP contribution < -0.4 is 0 Å². The number of ether oxygens (including phenoxy) is 1. The Bertz CT molecular complexity index is 541. The largest absolute Gasteiger partial charge is 0.374 e. The number of hydrogen-bond acceptors (Lipinski definition) is 3. The van der Waals surface area contributed by atoms with Gasteiger partial charge in [-0.1, -0.05) is 6.07 Å². The second-order valence-corrected chi connectivity index (χ2v) is 7.02. The van der Waals surface area contributed by atoms with E-state index >= 15 is 0 Å². The third-order valence-electron chi connectivity index (χ3n) is 4.38. The summed E-state index contributed by atoms with van der Waals surface area (Å²) in [5, 5.41) is 0. The van der Waals surface area contributed by atoms with E-state index < -0.39 is 11.6 Å². The Morgan fingerprint density at radius 1 is 1.38 bits per heavy atom. The quantitative estimate of drug-likeness (QED) is 0.856. The molecule has 2 saturated heterocycles. The first kappa shape index (κ1) is 15.0. The first-order valence-corrected chi connectivity index (χ1v) is 8.42. The lowest BCUT2D eigenvalue weighted by molar-refractivity contribution is -0.133. The van der Waals surface area contributed by atoms with Gasteiger partial charge in [0, 0.05) is 24.7 Å². The third kappa shape index (κ3) is 3.29. The van der Waals surface area contributed by atoms with Crippen LogP contribution in [0.5, 0.6) is 0 Å². The van der Waals surface area contributed by atoms with E-state index in [4.69, 9.17) is 4.74 Å². The van der Waals surface area contributed by atoms with Crippen molar-refractivity contribution in [1.82, 2.24) is 0 Å². The second-order valence-electron chi connectivity index (χ2n) is 5.92. The van der Waals surface area contributed by atoms with E-state index in [0.717, 1.165) is 42.9 Å². The Kier molecular flexibility index (Phi) is 4.31. The summed E-state index contributed by atoms with van der Waals surface area (Å²) in [5.74, 6) is 0.368. The number of Topliss-reactive ketones (excluding diaryl/α,β-unsaturated/α-hetero) is 1. The predicted molar refractivity (Wildman–Crippen MR) is 78.4 cm³/mol. The predicted octanol–water partition coefficient (Wildman–Crippen LogP) is 3.38. The van der Waals surface area contributed by atoms with Gasteiger partial charge < -0.3 is 4.74 Å². The molecule has 0 aromatic heterocycles. The van der Waals surface area contributed by atoms with Crippen molar-refractivity contribution in [3.05, 3.63) is 35.4 Å². The van der Waals surface area contributed by atoms with E-state index in [-0.39, 0.29) is 23.7 Å². The lowest BCUT2D eigenvalue weighted by Gasteiger charge is -2.37. The Balaban J connectivity index is 1.65. The zero-order valence-electron chi connectivity index (χ0n) is 11.7. The van der Waals surface area contributed by atoms with E-state index in [9.17, 15) is 13.6 Å². The fourth-order valence-corrected chi connectivity index (χ4v) is 4.54. The monoisotopic (exact) mass is 312 g/mol. The summed E-state index contributed by atoms with van der Waals surface area (Å²) in [6.07, 6.45) is 2.68. The molecule has 5 heteroatoms. The van der Waals surface area contributed by atoms with Crippen LogP contribution in [0.3, 0.4) is 0 Å². The summed E-state index contributed by atoms with van der Waals surface area (Å²) in [7, 11) is 0. The van der Waals surface area contributed by atoms with Crippen LogP contribution in [0, 0.1) is 17.6 Å². The van der Waals surface area contributed by atoms with Crippen LogP contribution in [-0.4, -0.2) is 29.5 Å². The lowest BCUT2D eigenvalue weighted by atomic mass is 9.81. The van der Waals surface area contributed by atoms with Crippen LogP contribution in [0.2, 0.25) is 0 Å². The fraction of sp³-hybridized carbons (Fsp3) is 0.562. The summed E-state index contributed by atoms with van der Waals surface area (Å²) in [5.41, 5.74) is 0.414. The van der Waals surface area contributed by atoms with Crippen molar-refractivity contribution in [2.75, 3.05) is 18.1 Å². The van der Waals surface area contributed by atoms with Gasteiger partial charge in [0.1, 0.15) is 5.78 Å². The number of carbonyl (C=O) groups is 1. The van der Waals surface area contributed by atoms with Gasteiger partial charge in [-0.3, -0.25) is 4.79 Å². The van der Waals surface area contributed by atoms with E-state index in [2.05, 4.69) is 0 Å². The number of hydrogen-bond donors (Lipinski definition) is 0. The highest BCUT2D eigenvalue weighted by molar-refractivity contribution is 7.99. The number of halogens is 2. The van der Waals surface area contributed by atoms with Gasteiger partial charge in [0.15, 0.2) is 11.6 Å². The van der Waals surface area contributed by atoms with Crippen LogP contribution in [0.4, 0.5) is 8.78 Å². The highest BCUT2D eigenvalue weighted by atomic mass is 32.2. The molecule has 0 aliphatic carbocycles. The minimum atomic E-state index is -0.893. The maximum atomic E-state index is 13.2. The third-order valence-corrected chi connectivity index (χ3v) is 5.60. The number of carbonyl (C=O) groups excluding carboxylic acids is 1. The van der Waals surface area contributed by atoms with Gasteiger partial charge in [-0.15, -0.1) is 0 Å². The first-order chi connectivity index (χ1) is 10.1. The summed E-state index contributed by atoms with van der Waals surface area (Å²) < 4.78 is 32.0. The van der Waals surface area contributed by atoms with Crippen molar-refractivity contribution in [2.24, 2.45) is 5.92 Å². The number of benzene rings is 1. The molecule has 1 spiro atoms. The van der Waals surface area contributed by atoms with Crippen LogP contribution in [0.15, 0.2) is 18.2 Å². The molecule has 0 bridgehead atoms. The van der Waals surface area contributed by atoms with E-state index in [1.54, 1.807) is 0 Å². The molecule has 1 aromatic rings. The molecule has 1 aromatic carbocycles. The molecular weight excluding hydrogens is 294 g/mol. The minimum Gasteiger partial charge on any atom is -0.374 e. The fourth-order valence-electron chi connectivity index (χ4n) is 3.16. The van der Waals surface area contributed by atoms with Crippen LogP contribution in [0.25, 0.3) is 0 Å². The zero-order valence-corrected chi connectivity index (χ0v) is 12.6. The highest BCUT2D eigenvalue weighted by Crippen LogP contribution is 2.40. The average Bonchev–Trinajstić information content (AvgIpc) is 2.91. The van der Waals surface area contributed by atoms with Gasteiger partial charge in [-0.25, -0.2) is 8.78 Å². The lowest BCUT2D eigenvalue weighted by Crippen LogP contribution is -2.42. The number of ketones is 1. The topological polar surface area (TPSA) is 26.3 Å². The summed E-state index contributed by atoms with van der Waals surface area (Å²) in [6, 6.07) is 3.68. The van der Waals surface area contributed by atoms with Crippen LogP contribution in [-0.2, 0) is 16.0 Å².